The Bertz CT molecular complexity index is 552. The van der Waals surface area contributed by atoms with Crippen LogP contribution in [-0.4, -0.2) is 9.78 Å². The monoisotopic (exact) mass is 285 g/mol. The van der Waals surface area contributed by atoms with Gasteiger partial charge in [0.2, 0.25) is 0 Å². The maximum atomic E-state index is 4.58. The molecule has 114 valence electrons. The number of rotatable bonds is 7. The lowest BCUT2D eigenvalue weighted by Gasteiger charge is -2.09. The summed E-state index contributed by atoms with van der Waals surface area (Å²) in [5.41, 5.74) is 5.18. The summed E-state index contributed by atoms with van der Waals surface area (Å²) in [7, 11) is 0. The average Bonchev–Trinajstić information content (AvgIpc) is 2.90. The largest absolute Gasteiger partial charge is 0.307 e. The normalized spacial score (nSPS) is 11.3. The van der Waals surface area contributed by atoms with E-state index in [9.17, 15) is 0 Å². The zero-order valence-electron chi connectivity index (χ0n) is 13.7. The highest BCUT2D eigenvalue weighted by Crippen LogP contribution is 2.14. The zero-order chi connectivity index (χ0) is 15.2. The maximum Gasteiger partial charge on any atom is 0.0625 e. The first-order valence-electron chi connectivity index (χ1n) is 7.99. The fourth-order valence-corrected chi connectivity index (χ4v) is 2.46. The van der Waals surface area contributed by atoms with Gasteiger partial charge in [-0.25, -0.2) is 0 Å². The van der Waals surface area contributed by atoms with Gasteiger partial charge in [-0.05, 0) is 36.5 Å². The molecule has 3 nitrogen and oxygen atoms in total. The van der Waals surface area contributed by atoms with Gasteiger partial charge in [0.1, 0.15) is 0 Å². The van der Waals surface area contributed by atoms with Crippen molar-refractivity contribution in [3.63, 3.8) is 0 Å². The molecule has 0 aliphatic carbocycles. The first-order valence-corrected chi connectivity index (χ1v) is 7.99. The molecular formula is C18H27N3. The Morgan fingerprint density at radius 1 is 1.10 bits per heavy atom. The van der Waals surface area contributed by atoms with Gasteiger partial charge in [-0.1, -0.05) is 45.0 Å². The minimum absolute atomic E-state index is 0.596. The van der Waals surface area contributed by atoms with Crippen LogP contribution in [0.3, 0.4) is 0 Å². The molecule has 1 heterocycles. The second-order valence-corrected chi connectivity index (χ2v) is 5.80. The summed E-state index contributed by atoms with van der Waals surface area (Å²) < 4.78 is 2.09. The van der Waals surface area contributed by atoms with Crippen molar-refractivity contribution in [3.05, 3.63) is 52.8 Å². The van der Waals surface area contributed by atoms with Gasteiger partial charge in [0.05, 0.1) is 11.4 Å². The van der Waals surface area contributed by atoms with Crippen molar-refractivity contribution in [2.24, 2.45) is 0 Å². The molecule has 0 saturated carbocycles. The van der Waals surface area contributed by atoms with Crippen LogP contribution < -0.4 is 5.32 Å². The molecule has 2 rings (SSSR count). The maximum absolute atomic E-state index is 4.58. The summed E-state index contributed by atoms with van der Waals surface area (Å²) in [4.78, 5) is 0. The smallest absolute Gasteiger partial charge is 0.0625 e. The molecule has 1 N–H and O–H groups in total. The molecule has 0 radical (unpaired) electrons. The van der Waals surface area contributed by atoms with Crippen LogP contribution in [0, 0.1) is 0 Å². The van der Waals surface area contributed by atoms with Gasteiger partial charge in [0.25, 0.3) is 0 Å². The Labute approximate surface area is 128 Å². The van der Waals surface area contributed by atoms with E-state index in [2.05, 4.69) is 73.1 Å². The molecule has 21 heavy (non-hydrogen) atoms. The van der Waals surface area contributed by atoms with Crippen LogP contribution >= 0.6 is 0 Å². The van der Waals surface area contributed by atoms with Gasteiger partial charge in [-0.15, -0.1) is 0 Å². The molecule has 0 amide bonds. The van der Waals surface area contributed by atoms with Crippen LogP contribution in [0.15, 0.2) is 30.3 Å². The second-order valence-electron chi connectivity index (χ2n) is 5.80. The second kappa shape index (κ2) is 7.41. The molecular weight excluding hydrogens is 258 g/mol. The van der Waals surface area contributed by atoms with Crippen LogP contribution in [0.2, 0.25) is 0 Å². The van der Waals surface area contributed by atoms with Gasteiger partial charge in [-0.2, -0.15) is 5.10 Å². The third kappa shape index (κ3) is 4.18. The summed E-state index contributed by atoms with van der Waals surface area (Å²) in [6.07, 6.45) is 0.997. The van der Waals surface area contributed by atoms with Gasteiger partial charge < -0.3 is 5.32 Å². The lowest BCUT2D eigenvalue weighted by atomic mass is 10.0. The summed E-state index contributed by atoms with van der Waals surface area (Å²) >= 11 is 0. The van der Waals surface area contributed by atoms with Crippen molar-refractivity contribution in [2.75, 3.05) is 0 Å². The van der Waals surface area contributed by atoms with Crippen LogP contribution in [0.1, 0.15) is 56.1 Å². The van der Waals surface area contributed by atoms with Crippen molar-refractivity contribution >= 4 is 0 Å². The predicted molar refractivity (Wildman–Crippen MR) is 88.4 cm³/mol. The van der Waals surface area contributed by atoms with Gasteiger partial charge in [-0.3, -0.25) is 4.68 Å². The fraction of sp³-hybridized carbons (Fsp3) is 0.500. The van der Waals surface area contributed by atoms with Crippen LogP contribution in [0.5, 0.6) is 0 Å². The third-order valence-corrected chi connectivity index (χ3v) is 3.86. The van der Waals surface area contributed by atoms with Crippen molar-refractivity contribution in [1.82, 2.24) is 15.1 Å². The summed E-state index contributed by atoms with van der Waals surface area (Å²) in [5, 5.41) is 8.10. The SMILES string of the molecule is CCc1cc(CNCc2ccc(C(C)C)cc2)n(CC)n1. The molecule has 0 saturated heterocycles. The molecule has 0 atom stereocenters. The lowest BCUT2D eigenvalue weighted by Crippen LogP contribution is -2.16. The van der Waals surface area contributed by atoms with E-state index < -0.39 is 0 Å². The molecule has 2 aromatic rings. The fourth-order valence-electron chi connectivity index (χ4n) is 2.46. The van der Waals surface area contributed by atoms with E-state index in [1.165, 1.54) is 22.5 Å². The van der Waals surface area contributed by atoms with E-state index in [0.29, 0.717) is 5.92 Å². The standard InChI is InChI=1S/C18H27N3/c1-5-17-11-18(21(6-2)20-17)13-19-12-15-7-9-16(10-8-15)14(3)4/h7-11,14,19H,5-6,12-13H2,1-4H3. The van der Waals surface area contributed by atoms with Gasteiger partial charge in [0.15, 0.2) is 0 Å². The summed E-state index contributed by atoms with van der Waals surface area (Å²) in [6.45, 7) is 11.4. The Hall–Kier alpha value is -1.61. The van der Waals surface area contributed by atoms with E-state index in [1.54, 1.807) is 0 Å². The Morgan fingerprint density at radius 2 is 1.81 bits per heavy atom. The molecule has 1 aromatic heterocycles. The molecule has 0 aliphatic rings. The molecule has 0 spiro atoms. The molecule has 0 bridgehead atoms. The number of benzene rings is 1. The zero-order valence-corrected chi connectivity index (χ0v) is 13.7. The number of aryl methyl sites for hydroxylation is 2. The molecule has 3 heteroatoms. The van der Waals surface area contributed by atoms with Gasteiger partial charge >= 0.3 is 0 Å². The minimum Gasteiger partial charge on any atom is -0.307 e. The number of aromatic nitrogens is 2. The molecule has 0 unspecified atom stereocenters. The quantitative estimate of drug-likeness (QED) is 0.836. The first-order chi connectivity index (χ1) is 10.1. The highest BCUT2D eigenvalue weighted by atomic mass is 15.3. The lowest BCUT2D eigenvalue weighted by molar-refractivity contribution is 0.577. The number of nitrogens with zero attached hydrogens (tertiary/aromatic N) is 2. The highest BCUT2D eigenvalue weighted by Gasteiger charge is 2.05. The number of nitrogens with one attached hydrogen (secondary N) is 1. The minimum atomic E-state index is 0.596. The van der Waals surface area contributed by atoms with E-state index in [-0.39, 0.29) is 0 Å². The average molecular weight is 285 g/mol. The number of hydrogen-bond acceptors (Lipinski definition) is 2. The Morgan fingerprint density at radius 3 is 2.38 bits per heavy atom. The Balaban J connectivity index is 1.90. The Kier molecular flexibility index (Phi) is 5.57. The molecule has 1 aromatic carbocycles. The van der Waals surface area contributed by atoms with E-state index in [1.807, 2.05) is 0 Å². The topological polar surface area (TPSA) is 29.9 Å². The molecule has 0 aliphatic heterocycles. The summed E-state index contributed by atoms with van der Waals surface area (Å²) in [5.74, 6) is 0.596. The molecule has 0 fully saturated rings. The number of hydrogen-bond donors (Lipinski definition) is 1. The van der Waals surface area contributed by atoms with Gasteiger partial charge in [0, 0.05) is 19.6 Å². The highest BCUT2D eigenvalue weighted by molar-refractivity contribution is 5.24. The van der Waals surface area contributed by atoms with Crippen molar-refractivity contribution in [2.45, 2.75) is 59.7 Å². The summed E-state index contributed by atoms with van der Waals surface area (Å²) in [6, 6.07) is 11.1. The first kappa shape index (κ1) is 15.8. The van der Waals surface area contributed by atoms with Crippen LogP contribution in [-0.2, 0) is 26.1 Å². The van der Waals surface area contributed by atoms with Crippen LogP contribution in [0.25, 0.3) is 0 Å². The predicted octanol–water partition coefficient (Wildman–Crippen LogP) is 3.88. The van der Waals surface area contributed by atoms with Crippen molar-refractivity contribution < 1.29 is 0 Å². The van der Waals surface area contributed by atoms with Crippen molar-refractivity contribution in [3.8, 4) is 0 Å². The van der Waals surface area contributed by atoms with Crippen LogP contribution in [0.4, 0.5) is 0 Å². The van der Waals surface area contributed by atoms with E-state index in [4.69, 9.17) is 0 Å². The third-order valence-electron chi connectivity index (χ3n) is 3.86. The van der Waals surface area contributed by atoms with Crippen molar-refractivity contribution in [1.29, 1.82) is 0 Å². The van der Waals surface area contributed by atoms with E-state index >= 15 is 0 Å². The van der Waals surface area contributed by atoms with E-state index in [0.717, 1.165) is 26.1 Å².